The number of carbonyl (C=O) groups is 2. The Morgan fingerprint density at radius 3 is 2.61 bits per heavy atom. The lowest BCUT2D eigenvalue weighted by molar-refractivity contribution is -0.141. The smallest absolute Gasteiger partial charge is 0.410 e. The van der Waals surface area contributed by atoms with E-state index in [1.165, 1.54) is 4.90 Å². The molecule has 0 saturated carbocycles. The van der Waals surface area contributed by atoms with Crippen molar-refractivity contribution in [2.75, 3.05) is 13.1 Å². The van der Waals surface area contributed by atoms with Crippen LogP contribution in [0.5, 0.6) is 0 Å². The monoisotopic (exact) mass is 316 g/mol. The van der Waals surface area contributed by atoms with E-state index in [0.717, 1.165) is 5.56 Å². The molecular weight excluding hydrogens is 296 g/mol. The lowest BCUT2D eigenvalue weighted by Crippen LogP contribution is -2.35. The molecule has 0 radical (unpaired) electrons. The van der Waals surface area contributed by atoms with Gasteiger partial charge in [-0.2, -0.15) is 5.26 Å². The molecule has 0 bridgehead atoms. The summed E-state index contributed by atoms with van der Waals surface area (Å²) in [5.41, 5.74) is 0.596. The molecule has 0 aliphatic carbocycles. The summed E-state index contributed by atoms with van der Waals surface area (Å²) in [6, 6.07) is 8.91. The summed E-state index contributed by atoms with van der Waals surface area (Å²) >= 11 is 0. The van der Waals surface area contributed by atoms with E-state index in [-0.39, 0.29) is 19.0 Å². The Morgan fingerprint density at radius 2 is 2.04 bits per heavy atom. The van der Waals surface area contributed by atoms with Crippen molar-refractivity contribution >= 4 is 12.1 Å². The fourth-order valence-electron chi connectivity index (χ4n) is 2.71. The summed E-state index contributed by atoms with van der Waals surface area (Å²) in [5.74, 6) is -2.02. The summed E-state index contributed by atoms with van der Waals surface area (Å²) in [6.07, 6.45) is -0.511. The molecule has 1 aromatic carbocycles. The summed E-state index contributed by atoms with van der Waals surface area (Å²) < 4.78 is 5.32. The average molecular weight is 316 g/mol. The lowest BCUT2D eigenvalue weighted by Gasteiger charge is -2.24. The van der Waals surface area contributed by atoms with Crippen LogP contribution in [0, 0.1) is 17.2 Å². The summed E-state index contributed by atoms with van der Waals surface area (Å²) in [5, 5.41) is 18.5. The molecular formula is C17H20N2O4. The first-order chi connectivity index (χ1) is 10.7. The second-order valence-corrected chi connectivity index (χ2v) is 6.67. The van der Waals surface area contributed by atoms with Gasteiger partial charge in [-0.1, -0.05) is 12.1 Å². The molecule has 1 aliphatic rings. The minimum atomic E-state index is -0.955. The average Bonchev–Trinajstić information content (AvgIpc) is 2.91. The topological polar surface area (TPSA) is 90.6 Å². The van der Waals surface area contributed by atoms with Crippen LogP contribution in [-0.2, 0) is 9.53 Å². The zero-order chi connectivity index (χ0) is 17.2. The van der Waals surface area contributed by atoms with Crippen molar-refractivity contribution in [2.45, 2.75) is 32.3 Å². The predicted molar refractivity (Wildman–Crippen MR) is 82.8 cm³/mol. The van der Waals surface area contributed by atoms with Crippen molar-refractivity contribution in [1.82, 2.24) is 4.90 Å². The van der Waals surface area contributed by atoms with E-state index in [4.69, 9.17) is 10.00 Å². The van der Waals surface area contributed by atoms with Crippen LogP contribution in [0.25, 0.3) is 0 Å². The molecule has 1 N–H and O–H groups in total. The number of aliphatic carboxylic acids is 1. The number of ether oxygens (including phenoxy) is 1. The number of carbonyl (C=O) groups excluding carboxylic acids is 1. The minimum absolute atomic E-state index is 0.103. The van der Waals surface area contributed by atoms with Gasteiger partial charge >= 0.3 is 12.1 Å². The Hall–Kier alpha value is -2.55. The molecule has 0 unspecified atom stereocenters. The van der Waals surface area contributed by atoms with Crippen molar-refractivity contribution in [3.63, 3.8) is 0 Å². The van der Waals surface area contributed by atoms with Crippen LogP contribution >= 0.6 is 0 Å². The highest BCUT2D eigenvalue weighted by atomic mass is 16.6. The van der Waals surface area contributed by atoms with E-state index in [1.54, 1.807) is 45.0 Å². The second-order valence-electron chi connectivity index (χ2n) is 6.67. The number of hydrogen-bond acceptors (Lipinski definition) is 4. The number of benzene rings is 1. The molecule has 2 atom stereocenters. The highest BCUT2D eigenvalue weighted by molar-refractivity contribution is 5.76. The number of amides is 1. The SMILES string of the molecule is CC(C)(C)OC(=O)N1C[C@H](c2cccc(C#N)c2)[C@H](C(=O)O)C1. The van der Waals surface area contributed by atoms with Crippen LogP contribution < -0.4 is 0 Å². The molecule has 1 fully saturated rings. The third-order valence-electron chi connectivity index (χ3n) is 3.73. The molecule has 0 spiro atoms. The van der Waals surface area contributed by atoms with Gasteiger partial charge in [-0.25, -0.2) is 4.79 Å². The maximum atomic E-state index is 12.2. The van der Waals surface area contributed by atoms with E-state index in [2.05, 4.69) is 0 Å². The molecule has 23 heavy (non-hydrogen) atoms. The normalized spacial score (nSPS) is 20.9. The summed E-state index contributed by atoms with van der Waals surface area (Å²) in [4.78, 5) is 25.2. The zero-order valence-electron chi connectivity index (χ0n) is 13.4. The third-order valence-corrected chi connectivity index (χ3v) is 3.73. The van der Waals surface area contributed by atoms with Gasteiger partial charge in [0.25, 0.3) is 0 Å². The second kappa shape index (κ2) is 6.29. The maximum Gasteiger partial charge on any atom is 0.410 e. The summed E-state index contributed by atoms with van der Waals surface area (Å²) in [6.45, 7) is 5.67. The van der Waals surface area contributed by atoms with Crippen LogP contribution in [-0.4, -0.2) is 40.8 Å². The van der Waals surface area contributed by atoms with E-state index >= 15 is 0 Å². The number of nitrogens with zero attached hydrogens (tertiary/aromatic N) is 2. The maximum absolute atomic E-state index is 12.2. The molecule has 0 aromatic heterocycles. The number of nitriles is 1. The number of rotatable bonds is 2. The molecule has 1 saturated heterocycles. The van der Waals surface area contributed by atoms with Gasteiger partial charge in [0, 0.05) is 19.0 Å². The molecule has 2 rings (SSSR count). The highest BCUT2D eigenvalue weighted by Crippen LogP contribution is 2.34. The van der Waals surface area contributed by atoms with Gasteiger partial charge in [0.15, 0.2) is 0 Å². The minimum Gasteiger partial charge on any atom is -0.481 e. The molecule has 122 valence electrons. The van der Waals surface area contributed by atoms with Crippen LogP contribution in [0.15, 0.2) is 24.3 Å². The Morgan fingerprint density at radius 1 is 1.35 bits per heavy atom. The first kappa shape index (κ1) is 16.8. The zero-order valence-corrected chi connectivity index (χ0v) is 13.4. The van der Waals surface area contributed by atoms with Gasteiger partial charge in [0.05, 0.1) is 17.6 Å². The quantitative estimate of drug-likeness (QED) is 0.905. The molecule has 1 amide bonds. The van der Waals surface area contributed by atoms with Gasteiger partial charge in [0.2, 0.25) is 0 Å². The molecule has 1 aromatic rings. The van der Waals surface area contributed by atoms with Gasteiger partial charge in [-0.15, -0.1) is 0 Å². The van der Waals surface area contributed by atoms with Crippen LogP contribution in [0.3, 0.4) is 0 Å². The number of carboxylic acids is 1. The largest absolute Gasteiger partial charge is 0.481 e. The summed E-state index contributed by atoms with van der Waals surface area (Å²) in [7, 11) is 0. The van der Waals surface area contributed by atoms with Crippen LogP contribution in [0.4, 0.5) is 4.79 Å². The van der Waals surface area contributed by atoms with E-state index in [9.17, 15) is 14.7 Å². The van der Waals surface area contributed by atoms with Crippen molar-refractivity contribution in [2.24, 2.45) is 5.92 Å². The first-order valence-electron chi connectivity index (χ1n) is 7.42. The Labute approximate surface area is 135 Å². The Bertz CT molecular complexity index is 657. The van der Waals surface area contributed by atoms with E-state index in [0.29, 0.717) is 5.56 Å². The predicted octanol–water partition coefficient (Wildman–Crippen LogP) is 2.59. The van der Waals surface area contributed by atoms with Gasteiger partial charge in [-0.05, 0) is 38.5 Å². The van der Waals surface area contributed by atoms with Gasteiger partial charge < -0.3 is 14.7 Å². The third kappa shape index (κ3) is 4.01. The number of hydrogen-bond donors (Lipinski definition) is 1. The molecule has 1 aliphatic heterocycles. The molecule has 1 heterocycles. The van der Waals surface area contributed by atoms with Crippen LogP contribution in [0.1, 0.15) is 37.8 Å². The first-order valence-corrected chi connectivity index (χ1v) is 7.42. The Balaban J connectivity index is 2.23. The highest BCUT2D eigenvalue weighted by Gasteiger charge is 2.41. The van der Waals surface area contributed by atoms with E-state index in [1.807, 2.05) is 6.07 Å². The molecule has 6 nitrogen and oxygen atoms in total. The lowest BCUT2D eigenvalue weighted by atomic mass is 9.88. The van der Waals surface area contributed by atoms with Gasteiger partial charge in [-0.3, -0.25) is 4.79 Å². The fourth-order valence-corrected chi connectivity index (χ4v) is 2.71. The molecule has 6 heteroatoms. The Kier molecular flexibility index (Phi) is 4.60. The standard InChI is InChI=1S/C17H20N2O4/c1-17(2,3)23-16(22)19-9-13(14(10-19)15(20)21)12-6-4-5-11(7-12)8-18/h4-7,13-14H,9-10H2,1-3H3,(H,20,21)/t13-,14-/m1/s1. The van der Waals surface area contributed by atoms with Crippen LogP contribution in [0.2, 0.25) is 0 Å². The van der Waals surface area contributed by atoms with Crippen molar-refractivity contribution in [3.8, 4) is 6.07 Å². The van der Waals surface area contributed by atoms with Gasteiger partial charge in [0.1, 0.15) is 5.60 Å². The fraction of sp³-hybridized carbons (Fsp3) is 0.471. The van der Waals surface area contributed by atoms with Crippen molar-refractivity contribution in [1.29, 1.82) is 5.26 Å². The van der Waals surface area contributed by atoms with E-state index < -0.39 is 23.6 Å². The van der Waals surface area contributed by atoms with Crippen molar-refractivity contribution < 1.29 is 19.4 Å². The number of carboxylic acid groups (broad SMARTS) is 1. The number of likely N-dealkylation sites (tertiary alicyclic amines) is 1. The van der Waals surface area contributed by atoms with Crippen molar-refractivity contribution in [3.05, 3.63) is 35.4 Å².